The molecule has 0 atom stereocenters. The second-order valence-corrected chi connectivity index (χ2v) is 5.70. The summed E-state index contributed by atoms with van der Waals surface area (Å²) in [5, 5.41) is 13.7. The Bertz CT molecular complexity index is 832. The average Bonchev–Trinajstić information content (AvgIpc) is 2.62. The van der Waals surface area contributed by atoms with Gasteiger partial charge in [-0.25, -0.2) is 4.79 Å². The number of nitro benzene ring substituents is 1. The van der Waals surface area contributed by atoms with Crippen molar-refractivity contribution in [1.29, 1.82) is 0 Å². The topological polar surface area (TPSA) is 98.5 Å². The summed E-state index contributed by atoms with van der Waals surface area (Å²) < 4.78 is 5.19. The summed E-state index contributed by atoms with van der Waals surface area (Å²) in [7, 11) is 0. The molecule has 2 rings (SSSR count). The molecule has 2 aromatic rings. The van der Waals surface area contributed by atoms with Crippen LogP contribution in [0.2, 0.25) is 0 Å². The summed E-state index contributed by atoms with van der Waals surface area (Å²) in [6.07, 6.45) is 1.66. The molecule has 1 N–H and O–H groups in total. The maximum atomic E-state index is 12.6. The molecule has 0 aliphatic rings. The molecule has 2 aromatic carbocycles. The van der Waals surface area contributed by atoms with Gasteiger partial charge in [0.15, 0.2) is 0 Å². The highest BCUT2D eigenvalue weighted by Gasteiger charge is 2.20. The van der Waals surface area contributed by atoms with Crippen LogP contribution in [0.4, 0.5) is 11.4 Å². The lowest BCUT2D eigenvalue weighted by Crippen LogP contribution is -2.17. The minimum atomic E-state index is -0.537. The summed E-state index contributed by atoms with van der Waals surface area (Å²) in [6, 6.07) is 10.8. The molecule has 0 aromatic heterocycles. The molecule has 0 fully saturated rings. The largest absolute Gasteiger partial charge is 0.462 e. The minimum Gasteiger partial charge on any atom is -0.462 e. The van der Waals surface area contributed by atoms with E-state index in [0.717, 1.165) is 12.8 Å². The fourth-order valence-corrected chi connectivity index (χ4v) is 2.41. The number of nitro groups is 1. The Kier molecular flexibility index (Phi) is 6.43. The van der Waals surface area contributed by atoms with Crippen molar-refractivity contribution in [1.82, 2.24) is 0 Å². The maximum Gasteiger partial charge on any atom is 0.340 e. The number of carbonyl (C=O) groups excluding carboxylic acids is 2. The lowest BCUT2D eigenvalue weighted by Gasteiger charge is -2.12. The molecule has 0 radical (unpaired) electrons. The second-order valence-electron chi connectivity index (χ2n) is 5.70. The Balaban J connectivity index is 2.24. The van der Waals surface area contributed by atoms with Crippen molar-refractivity contribution in [2.24, 2.45) is 0 Å². The second kappa shape index (κ2) is 8.75. The number of nitrogens with one attached hydrogen (secondary N) is 1. The summed E-state index contributed by atoms with van der Waals surface area (Å²) in [5.74, 6) is -1.05. The third kappa shape index (κ3) is 4.44. The summed E-state index contributed by atoms with van der Waals surface area (Å²) >= 11 is 0. The van der Waals surface area contributed by atoms with Crippen molar-refractivity contribution in [2.45, 2.75) is 26.7 Å². The zero-order valence-corrected chi connectivity index (χ0v) is 14.7. The normalized spacial score (nSPS) is 10.2. The van der Waals surface area contributed by atoms with Crippen LogP contribution < -0.4 is 5.32 Å². The van der Waals surface area contributed by atoms with Crippen LogP contribution in [0.3, 0.4) is 0 Å². The first kappa shape index (κ1) is 19.1. The molecular formula is C19H20N2O5. The predicted molar refractivity (Wildman–Crippen MR) is 97.4 cm³/mol. The highest BCUT2D eigenvalue weighted by molar-refractivity contribution is 6.09. The van der Waals surface area contributed by atoms with Crippen molar-refractivity contribution in [2.75, 3.05) is 11.9 Å². The van der Waals surface area contributed by atoms with Gasteiger partial charge in [0, 0.05) is 17.2 Å². The number of hydrogen-bond acceptors (Lipinski definition) is 5. The van der Waals surface area contributed by atoms with Gasteiger partial charge >= 0.3 is 5.97 Å². The van der Waals surface area contributed by atoms with Gasteiger partial charge in [-0.3, -0.25) is 14.9 Å². The molecule has 0 aliphatic carbocycles. The lowest BCUT2D eigenvalue weighted by atomic mass is 10.1. The van der Waals surface area contributed by atoms with Crippen molar-refractivity contribution in [3.8, 4) is 0 Å². The first-order valence-electron chi connectivity index (χ1n) is 8.27. The number of unbranched alkanes of at least 4 members (excludes halogenated alkanes) is 1. The lowest BCUT2D eigenvalue weighted by molar-refractivity contribution is -0.385. The maximum absolute atomic E-state index is 12.6. The number of benzene rings is 2. The number of nitrogens with zero attached hydrogens (tertiary/aromatic N) is 1. The van der Waals surface area contributed by atoms with Crippen LogP contribution in [0.1, 0.15) is 46.0 Å². The number of rotatable bonds is 7. The van der Waals surface area contributed by atoms with Crippen LogP contribution in [-0.4, -0.2) is 23.4 Å². The van der Waals surface area contributed by atoms with Gasteiger partial charge in [0.25, 0.3) is 11.6 Å². The van der Waals surface area contributed by atoms with Gasteiger partial charge in [0.05, 0.1) is 22.8 Å². The first-order valence-corrected chi connectivity index (χ1v) is 8.27. The number of carbonyl (C=O) groups is 2. The monoisotopic (exact) mass is 356 g/mol. The third-order valence-corrected chi connectivity index (χ3v) is 3.87. The van der Waals surface area contributed by atoms with Crippen molar-refractivity contribution in [3.05, 3.63) is 69.3 Å². The predicted octanol–water partition coefficient (Wildman–Crippen LogP) is 4.11. The van der Waals surface area contributed by atoms with Crippen LogP contribution in [0.5, 0.6) is 0 Å². The van der Waals surface area contributed by atoms with Crippen molar-refractivity contribution in [3.63, 3.8) is 0 Å². The Morgan fingerprint density at radius 3 is 2.50 bits per heavy atom. The van der Waals surface area contributed by atoms with Crippen molar-refractivity contribution < 1.29 is 19.2 Å². The van der Waals surface area contributed by atoms with Crippen LogP contribution >= 0.6 is 0 Å². The summed E-state index contributed by atoms with van der Waals surface area (Å²) in [5.41, 5.74) is 0.834. The molecule has 0 bridgehead atoms. The van der Waals surface area contributed by atoms with Gasteiger partial charge in [0.1, 0.15) is 0 Å². The SMILES string of the molecule is CCCCOC(=O)c1ccccc1NC(=O)c1cccc([N+](=O)[O-])c1C. The van der Waals surface area contributed by atoms with E-state index in [2.05, 4.69) is 5.32 Å². The smallest absolute Gasteiger partial charge is 0.340 e. The molecule has 1 amide bonds. The number of esters is 1. The van der Waals surface area contributed by atoms with E-state index in [9.17, 15) is 19.7 Å². The van der Waals surface area contributed by atoms with Crippen molar-refractivity contribution >= 4 is 23.3 Å². The highest BCUT2D eigenvalue weighted by Crippen LogP contribution is 2.23. The van der Waals surface area contributed by atoms with E-state index in [1.807, 2.05) is 6.92 Å². The van der Waals surface area contributed by atoms with Gasteiger partial charge in [0.2, 0.25) is 0 Å². The van der Waals surface area contributed by atoms with E-state index >= 15 is 0 Å². The van der Waals surface area contributed by atoms with Gasteiger partial charge in [-0.2, -0.15) is 0 Å². The average molecular weight is 356 g/mol. The molecule has 7 heteroatoms. The van der Waals surface area contributed by atoms with E-state index in [0.29, 0.717) is 12.3 Å². The standard InChI is InChI=1S/C19H20N2O5/c1-3-4-12-26-19(23)15-8-5-6-10-16(15)20-18(22)14-9-7-11-17(13(14)2)21(24)25/h5-11H,3-4,12H2,1-2H3,(H,20,22). The zero-order valence-electron chi connectivity index (χ0n) is 14.7. The van der Waals surface area contributed by atoms with Crippen LogP contribution in [0.25, 0.3) is 0 Å². The molecule has 0 saturated carbocycles. The fourth-order valence-electron chi connectivity index (χ4n) is 2.41. The van der Waals surface area contributed by atoms with E-state index in [1.54, 1.807) is 24.3 Å². The van der Waals surface area contributed by atoms with E-state index in [-0.39, 0.29) is 22.4 Å². The van der Waals surface area contributed by atoms with Gasteiger partial charge in [-0.15, -0.1) is 0 Å². The fraction of sp³-hybridized carbons (Fsp3) is 0.263. The van der Waals surface area contributed by atoms with E-state index in [1.165, 1.54) is 25.1 Å². The molecule has 0 spiro atoms. The molecule has 0 aliphatic heterocycles. The molecular weight excluding hydrogens is 336 g/mol. The Hall–Kier alpha value is -3.22. The number of amides is 1. The van der Waals surface area contributed by atoms with Gasteiger partial charge < -0.3 is 10.1 Å². The van der Waals surface area contributed by atoms with Crippen LogP contribution in [0.15, 0.2) is 42.5 Å². The summed E-state index contributed by atoms with van der Waals surface area (Å²) in [4.78, 5) is 35.3. The molecule has 136 valence electrons. The number of para-hydroxylation sites is 1. The first-order chi connectivity index (χ1) is 12.5. The molecule has 26 heavy (non-hydrogen) atoms. The third-order valence-electron chi connectivity index (χ3n) is 3.87. The quantitative estimate of drug-likeness (QED) is 0.348. The molecule has 0 saturated heterocycles. The number of ether oxygens (including phenoxy) is 1. The Labute approximate surface area is 151 Å². The Morgan fingerprint density at radius 1 is 1.12 bits per heavy atom. The zero-order chi connectivity index (χ0) is 19.1. The van der Waals surface area contributed by atoms with Crippen LogP contribution in [-0.2, 0) is 4.74 Å². The van der Waals surface area contributed by atoms with E-state index < -0.39 is 16.8 Å². The Morgan fingerprint density at radius 2 is 1.81 bits per heavy atom. The number of hydrogen-bond donors (Lipinski definition) is 1. The molecule has 7 nitrogen and oxygen atoms in total. The number of anilines is 1. The summed E-state index contributed by atoms with van der Waals surface area (Å²) in [6.45, 7) is 3.81. The minimum absolute atomic E-state index is 0.134. The van der Waals surface area contributed by atoms with Gasteiger partial charge in [-0.1, -0.05) is 31.5 Å². The van der Waals surface area contributed by atoms with E-state index in [4.69, 9.17) is 4.74 Å². The molecule has 0 unspecified atom stereocenters. The molecule has 0 heterocycles. The highest BCUT2D eigenvalue weighted by atomic mass is 16.6. The van der Waals surface area contributed by atoms with Crippen LogP contribution in [0, 0.1) is 17.0 Å². The van der Waals surface area contributed by atoms with Gasteiger partial charge in [-0.05, 0) is 31.5 Å².